The molecule has 0 amide bonds. The molecule has 27 heavy (non-hydrogen) atoms. The second kappa shape index (κ2) is 8.06. The zero-order chi connectivity index (χ0) is 19.4. The maximum absolute atomic E-state index is 12.9. The molecule has 1 N–H and O–H groups in total. The Balaban J connectivity index is 1.76. The molecule has 0 bridgehead atoms. The molecule has 0 spiro atoms. The number of ketones is 1. The lowest BCUT2D eigenvalue weighted by atomic mass is 10.1. The zero-order valence-corrected chi connectivity index (χ0v) is 15.9. The van der Waals surface area contributed by atoms with Crippen molar-refractivity contribution in [2.75, 3.05) is 19.7 Å². The van der Waals surface area contributed by atoms with Gasteiger partial charge in [0.1, 0.15) is 0 Å². The normalized spacial score (nSPS) is 15.4. The highest BCUT2D eigenvalue weighted by Crippen LogP contribution is 2.24. The number of carbonyl (C=O) groups excluding carboxylic acids is 2. The Hall–Kier alpha value is -2.45. The molecule has 1 aromatic heterocycles. The number of aromatic nitrogens is 1. The van der Waals surface area contributed by atoms with E-state index in [2.05, 4.69) is 4.98 Å². The number of rotatable bonds is 6. The Bertz CT molecular complexity index is 929. The number of esters is 1. The number of Topliss-reactive ketones (excluding diaryl/α,β-unsaturated/α-hetero) is 1. The van der Waals surface area contributed by atoms with E-state index in [1.807, 2.05) is 0 Å². The predicted molar refractivity (Wildman–Crippen MR) is 99.2 cm³/mol. The third-order valence-corrected chi connectivity index (χ3v) is 6.63. The van der Waals surface area contributed by atoms with Crippen molar-refractivity contribution in [3.63, 3.8) is 0 Å². The van der Waals surface area contributed by atoms with Gasteiger partial charge in [0, 0.05) is 19.3 Å². The van der Waals surface area contributed by atoms with Gasteiger partial charge >= 0.3 is 5.97 Å². The van der Waals surface area contributed by atoms with Crippen molar-refractivity contribution in [2.45, 2.75) is 31.1 Å². The van der Waals surface area contributed by atoms with Gasteiger partial charge in [-0.15, -0.1) is 0 Å². The molecule has 2 heterocycles. The molecule has 1 aliphatic heterocycles. The summed E-state index contributed by atoms with van der Waals surface area (Å²) in [5.41, 5.74) is 1.02. The van der Waals surface area contributed by atoms with E-state index in [0.29, 0.717) is 24.3 Å². The molecule has 1 saturated heterocycles. The van der Waals surface area contributed by atoms with Crippen LogP contribution in [0.3, 0.4) is 0 Å². The fourth-order valence-electron chi connectivity index (χ4n) is 3.05. The maximum Gasteiger partial charge on any atom is 0.338 e. The van der Waals surface area contributed by atoms with E-state index in [9.17, 15) is 18.0 Å². The Morgan fingerprint density at radius 2 is 1.89 bits per heavy atom. The molecule has 1 fully saturated rings. The largest absolute Gasteiger partial charge is 0.454 e. The van der Waals surface area contributed by atoms with Crippen molar-refractivity contribution in [1.82, 2.24) is 9.29 Å². The molecular weight excluding hydrogens is 368 g/mol. The summed E-state index contributed by atoms with van der Waals surface area (Å²) in [5.74, 6) is -1.09. The third-order valence-electron chi connectivity index (χ3n) is 4.59. The van der Waals surface area contributed by atoms with Gasteiger partial charge in [-0.25, -0.2) is 13.2 Å². The van der Waals surface area contributed by atoms with Crippen molar-refractivity contribution in [1.29, 1.82) is 0 Å². The average Bonchev–Trinajstić information content (AvgIpc) is 3.21. The summed E-state index contributed by atoms with van der Waals surface area (Å²) in [6.07, 6.45) is 4.29. The summed E-state index contributed by atoms with van der Waals surface area (Å²) >= 11 is 0. The van der Waals surface area contributed by atoms with Gasteiger partial charge in [0.15, 0.2) is 6.61 Å². The highest BCUT2D eigenvalue weighted by Gasteiger charge is 2.28. The minimum absolute atomic E-state index is 0.106. The van der Waals surface area contributed by atoms with E-state index in [-0.39, 0.29) is 16.2 Å². The van der Waals surface area contributed by atoms with E-state index >= 15 is 0 Å². The lowest BCUT2D eigenvalue weighted by molar-refractivity contribution is 0.0473. The molecular formula is C19H22N2O5S. The van der Waals surface area contributed by atoms with Gasteiger partial charge in [-0.05, 0) is 49.6 Å². The fourth-order valence-corrected chi connectivity index (χ4v) is 4.81. The van der Waals surface area contributed by atoms with Crippen molar-refractivity contribution < 1.29 is 22.7 Å². The number of nitrogens with zero attached hydrogens (tertiary/aromatic N) is 1. The minimum Gasteiger partial charge on any atom is -0.454 e. The van der Waals surface area contributed by atoms with Gasteiger partial charge in [-0.1, -0.05) is 12.5 Å². The Labute approximate surface area is 158 Å². The van der Waals surface area contributed by atoms with Crippen LogP contribution in [-0.2, 0) is 14.8 Å². The van der Waals surface area contributed by atoms with Crippen LogP contribution < -0.4 is 0 Å². The first-order valence-corrected chi connectivity index (χ1v) is 10.3. The number of nitrogens with one attached hydrogen (secondary N) is 1. The number of ether oxygens (including phenoxy) is 1. The molecule has 1 aliphatic rings. The van der Waals surface area contributed by atoms with Crippen LogP contribution in [0.2, 0.25) is 0 Å². The number of piperidine rings is 1. The molecule has 0 atom stereocenters. The van der Waals surface area contributed by atoms with Gasteiger partial charge in [0.25, 0.3) is 0 Å². The van der Waals surface area contributed by atoms with E-state index in [4.69, 9.17) is 4.74 Å². The summed E-state index contributed by atoms with van der Waals surface area (Å²) in [4.78, 5) is 27.1. The summed E-state index contributed by atoms with van der Waals surface area (Å²) in [5, 5.41) is 0. The van der Waals surface area contributed by atoms with Gasteiger partial charge in [-0.2, -0.15) is 4.31 Å². The second-order valence-electron chi connectivity index (χ2n) is 6.53. The number of hydrogen-bond acceptors (Lipinski definition) is 5. The minimum atomic E-state index is -3.66. The fraction of sp³-hybridized carbons (Fsp3) is 0.368. The van der Waals surface area contributed by atoms with Crippen molar-refractivity contribution in [2.24, 2.45) is 0 Å². The number of aromatic amines is 1. The summed E-state index contributed by atoms with van der Waals surface area (Å²) in [7, 11) is -3.66. The summed E-state index contributed by atoms with van der Waals surface area (Å²) in [6.45, 7) is 2.25. The van der Waals surface area contributed by atoms with E-state index in [1.54, 1.807) is 31.3 Å². The highest BCUT2D eigenvalue weighted by atomic mass is 32.2. The molecule has 144 valence electrons. The molecule has 0 unspecified atom stereocenters. The first kappa shape index (κ1) is 19.3. The molecule has 1 aromatic carbocycles. The van der Waals surface area contributed by atoms with Gasteiger partial charge < -0.3 is 9.72 Å². The van der Waals surface area contributed by atoms with Gasteiger partial charge in [0.2, 0.25) is 15.8 Å². The lowest BCUT2D eigenvalue weighted by Gasteiger charge is -2.26. The Kier molecular flexibility index (Phi) is 5.76. The van der Waals surface area contributed by atoms with E-state index in [1.165, 1.54) is 16.4 Å². The molecule has 0 saturated carbocycles. The third kappa shape index (κ3) is 4.28. The van der Waals surface area contributed by atoms with E-state index < -0.39 is 22.6 Å². The van der Waals surface area contributed by atoms with Gasteiger partial charge in [0.05, 0.1) is 16.2 Å². The van der Waals surface area contributed by atoms with Crippen molar-refractivity contribution >= 4 is 21.8 Å². The quantitative estimate of drug-likeness (QED) is 0.604. The molecule has 3 rings (SSSR count). The van der Waals surface area contributed by atoms with Crippen LogP contribution in [-0.4, -0.2) is 49.2 Å². The molecule has 0 radical (unpaired) electrons. The van der Waals surface area contributed by atoms with Gasteiger partial charge in [-0.3, -0.25) is 4.79 Å². The Morgan fingerprint density at radius 3 is 2.56 bits per heavy atom. The average molecular weight is 390 g/mol. The Morgan fingerprint density at radius 1 is 1.15 bits per heavy atom. The lowest BCUT2D eigenvalue weighted by Crippen LogP contribution is -2.36. The van der Waals surface area contributed by atoms with Crippen LogP contribution in [0.25, 0.3) is 0 Å². The van der Waals surface area contributed by atoms with Crippen molar-refractivity contribution in [3.05, 3.63) is 53.3 Å². The number of aryl methyl sites for hydroxylation is 1. The zero-order valence-electron chi connectivity index (χ0n) is 15.1. The first-order valence-electron chi connectivity index (χ1n) is 8.84. The van der Waals surface area contributed by atoms with Crippen LogP contribution in [0.1, 0.15) is 45.7 Å². The SMILES string of the molecule is Cc1ccc(C(=O)OCC(=O)c2ccc[nH]2)cc1S(=O)(=O)N1CCCCC1. The first-order chi connectivity index (χ1) is 12.9. The maximum atomic E-state index is 12.9. The summed E-state index contributed by atoms with van der Waals surface area (Å²) in [6, 6.07) is 7.69. The monoisotopic (exact) mass is 390 g/mol. The van der Waals surface area contributed by atoms with Crippen LogP contribution >= 0.6 is 0 Å². The van der Waals surface area contributed by atoms with E-state index in [0.717, 1.165) is 19.3 Å². The number of carbonyl (C=O) groups is 2. The number of H-pyrrole nitrogens is 1. The predicted octanol–water partition coefficient (Wildman–Crippen LogP) is 2.54. The molecule has 2 aromatic rings. The van der Waals surface area contributed by atoms with Crippen molar-refractivity contribution in [3.8, 4) is 0 Å². The highest BCUT2D eigenvalue weighted by molar-refractivity contribution is 7.89. The standard InChI is InChI=1S/C19H22N2O5S/c1-14-7-8-15(19(23)26-13-17(22)16-6-5-9-20-16)12-18(14)27(24,25)21-10-3-2-4-11-21/h5-9,12,20H,2-4,10-11,13H2,1H3. The topological polar surface area (TPSA) is 96.5 Å². The molecule has 0 aliphatic carbocycles. The van der Waals surface area contributed by atoms with Crippen LogP contribution in [0.5, 0.6) is 0 Å². The van der Waals surface area contributed by atoms with Crippen LogP contribution in [0.4, 0.5) is 0 Å². The smallest absolute Gasteiger partial charge is 0.338 e. The number of hydrogen-bond donors (Lipinski definition) is 1. The second-order valence-corrected chi connectivity index (χ2v) is 8.43. The van der Waals surface area contributed by atoms with Crippen LogP contribution in [0, 0.1) is 6.92 Å². The van der Waals surface area contributed by atoms with Crippen LogP contribution in [0.15, 0.2) is 41.4 Å². The number of benzene rings is 1. The molecule has 8 heteroatoms. The molecule has 7 nitrogen and oxygen atoms in total. The number of sulfonamides is 1. The summed E-state index contributed by atoms with van der Waals surface area (Å²) < 4.78 is 32.4.